The Balaban J connectivity index is 2.11. The third-order valence-electron chi connectivity index (χ3n) is 3.57. The van der Waals surface area contributed by atoms with Gasteiger partial charge in [-0.15, -0.1) is 0 Å². The molecule has 1 aliphatic carbocycles. The van der Waals surface area contributed by atoms with Gasteiger partial charge in [-0.3, -0.25) is 5.32 Å². The van der Waals surface area contributed by atoms with Gasteiger partial charge in [0.25, 0.3) is 0 Å². The monoisotopic (exact) mass is 410 g/mol. The molecule has 2 amide bonds. The van der Waals surface area contributed by atoms with Crippen LogP contribution in [0.25, 0.3) is 0 Å². The fourth-order valence-electron chi connectivity index (χ4n) is 2.32. The van der Waals surface area contributed by atoms with E-state index in [1.54, 1.807) is 5.94 Å². The number of methoxy groups -OCH3 is 3. The van der Waals surface area contributed by atoms with Crippen molar-refractivity contribution < 1.29 is 32.2 Å². The number of allylic oxidation sites excluding steroid dienone is 4. The van der Waals surface area contributed by atoms with Gasteiger partial charge in [-0.05, 0) is 12.2 Å². The molecule has 0 aliphatic heterocycles. The van der Waals surface area contributed by atoms with Crippen LogP contribution in [0.1, 0.15) is 0 Å². The van der Waals surface area contributed by atoms with E-state index in [-0.39, 0.29) is 29.0 Å². The molecule has 1 atom stereocenters. The number of hydrogen-bond acceptors (Lipinski definition) is 9. The van der Waals surface area contributed by atoms with Gasteiger partial charge in [0.15, 0.2) is 0 Å². The number of rotatable bonds is 7. The first-order valence-electron chi connectivity index (χ1n) is 7.77. The highest BCUT2D eigenvalue weighted by molar-refractivity contribution is 7.90. The Kier molecular flexibility index (Phi) is 6.74. The standard InChI is InChI=1S/C16H18N4O7S/c1-25-12-6-4-5-10(8-21)11(12)9-28(23,24)20-16(22)19-15-17-13(26-2)7-14(18-15)27-3/h4-7,11H,9H2,1-3H3,(H2,17,18,19,20,22). The van der Waals surface area contributed by atoms with Crippen molar-refractivity contribution in [1.82, 2.24) is 14.7 Å². The number of sulfonamides is 1. The first-order valence-corrected chi connectivity index (χ1v) is 9.43. The Morgan fingerprint density at radius 1 is 1.18 bits per heavy atom. The van der Waals surface area contributed by atoms with Crippen molar-refractivity contribution in [3.8, 4) is 11.8 Å². The normalized spacial score (nSPS) is 15.9. The molecule has 2 rings (SSSR count). The Morgan fingerprint density at radius 3 is 2.36 bits per heavy atom. The van der Waals surface area contributed by atoms with E-state index in [0.29, 0.717) is 0 Å². The molecule has 2 N–H and O–H groups in total. The Hall–Kier alpha value is -3.37. The highest BCUT2D eigenvalue weighted by atomic mass is 32.2. The van der Waals surface area contributed by atoms with Crippen molar-refractivity contribution >= 4 is 27.9 Å². The van der Waals surface area contributed by atoms with E-state index < -0.39 is 27.7 Å². The van der Waals surface area contributed by atoms with E-state index in [9.17, 15) is 18.0 Å². The van der Waals surface area contributed by atoms with Gasteiger partial charge in [-0.1, -0.05) is 6.08 Å². The molecule has 11 nitrogen and oxygen atoms in total. The van der Waals surface area contributed by atoms with Gasteiger partial charge in [0, 0.05) is 5.57 Å². The second kappa shape index (κ2) is 9.02. The van der Waals surface area contributed by atoms with Crippen molar-refractivity contribution in [2.75, 3.05) is 32.4 Å². The maximum Gasteiger partial charge on any atom is 0.335 e. The SMILES string of the molecule is COC1=CC=CC(=C=O)C1CS(=O)(=O)NC(=O)Nc1nc(OC)cc(OC)n1. The number of nitrogens with one attached hydrogen (secondary N) is 2. The average Bonchev–Trinajstić information content (AvgIpc) is 2.66. The summed E-state index contributed by atoms with van der Waals surface area (Å²) < 4.78 is 41.5. The summed E-state index contributed by atoms with van der Waals surface area (Å²) in [5, 5.41) is 2.18. The quantitative estimate of drug-likeness (QED) is 0.611. The zero-order valence-electron chi connectivity index (χ0n) is 15.3. The predicted octanol–water partition coefficient (Wildman–Crippen LogP) is 0.419. The maximum atomic E-state index is 12.4. The number of amides is 2. The summed E-state index contributed by atoms with van der Waals surface area (Å²) in [5.41, 5.74) is 0.0889. The molecular weight excluding hydrogens is 392 g/mol. The molecule has 1 unspecified atom stereocenters. The van der Waals surface area contributed by atoms with Crippen LogP contribution < -0.4 is 19.5 Å². The molecule has 0 bridgehead atoms. The van der Waals surface area contributed by atoms with E-state index in [1.165, 1.54) is 45.6 Å². The van der Waals surface area contributed by atoms with Crippen molar-refractivity contribution in [3.63, 3.8) is 0 Å². The first kappa shape index (κ1) is 20.9. The first-order chi connectivity index (χ1) is 13.3. The lowest BCUT2D eigenvalue weighted by molar-refractivity contribution is 0.255. The molecule has 1 heterocycles. The average molecular weight is 410 g/mol. The molecule has 0 saturated heterocycles. The van der Waals surface area contributed by atoms with E-state index in [4.69, 9.17) is 14.2 Å². The molecule has 0 radical (unpaired) electrons. The van der Waals surface area contributed by atoms with Gasteiger partial charge in [0.05, 0.1) is 39.1 Å². The highest BCUT2D eigenvalue weighted by Crippen LogP contribution is 2.26. The summed E-state index contributed by atoms with van der Waals surface area (Å²) in [6.07, 6.45) is 4.49. The second-order valence-corrected chi connectivity index (χ2v) is 7.12. The lowest BCUT2D eigenvalue weighted by Gasteiger charge is -2.21. The fraction of sp³-hybridized carbons (Fsp3) is 0.312. The topological polar surface area (TPSA) is 146 Å². The molecule has 28 heavy (non-hydrogen) atoms. The van der Waals surface area contributed by atoms with Crippen molar-refractivity contribution in [2.45, 2.75) is 0 Å². The van der Waals surface area contributed by atoms with E-state index >= 15 is 0 Å². The van der Waals surface area contributed by atoms with Crippen molar-refractivity contribution in [2.24, 2.45) is 5.92 Å². The van der Waals surface area contributed by atoms with Crippen LogP contribution in [0.5, 0.6) is 11.8 Å². The molecule has 0 fully saturated rings. The molecule has 1 aliphatic rings. The van der Waals surface area contributed by atoms with Gasteiger partial charge < -0.3 is 14.2 Å². The van der Waals surface area contributed by atoms with Crippen LogP contribution in [0, 0.1) is 5.92 Å². The highest BCUT2D eigenvalue weighted by Gasteiger charge is 2.29. The van der Waals surface area contributed by atoms with Gasteiger partial charge >= 0.3 is 6.03 Å². The van der Waals surface area contributed by atoms with E-state index in [0.717, 1.165) is 0 Å². The number of anilines is 1. The maximum absolute atomic E-state index is 12.4. The van der Waals surface area contributed by atoms with Crippen LogP contribution in [0.4, 0.5) is 10.7 Å². The fourth-order valence-corrected chi connectivity index (χ4v) is 3.52. The minimum absolute atomic E-state index is 0.0889. The summed E-state index contributed by atoms with van der Waals surface area (Å²) >= 11 is 0. The summed E-state index contributed by atoms with van der Waals surface area (Å²) in [4.78, 5) is 30.9. The molecule has 1 aromatic heterocycles. The number of ether oxygens (including phenoxy) is 3. The lowest BCUT2D eigenvalue weighted by atomic mass is 9.95. The van der Waals surface area contributed by atoms with Crippen LogP contribution in [-0.4, -0.2) is 57.4 Å². The van der Waals surface area contributed by atoms with Crippen LogP contribution in [0.2, 0.25) is 0 Å². The summed E-state index contributed by atoms with van der Waals surface area (Å²) in [5.74, 6) is 0.423. The predicted molar refractivity (Wildman–Crippen MR) is 98.0 cm³/mol. The minimum atomic E-state index is -4.15. The van der Waals surface area contributed by atoms with Gasteiger partial charge in [-0.2, -0.15) is 9.97 Å². The van der Waals surface area contributed by atoms with Crippen LogP contribution in [0.15, 0.2) is 35.6 Å². The number of hydrogen-bond donors (Lipinski definition) is 2. The van der Waals surface area contributed by atoms with E-state index in [1.807, 2.05) is 4.72 Å². The largest absolute Gasteiger partial charge is 0.500 e. The van der Waals surface area contributed by atoms with Gasteiger partial charge in [-0.25, -0.2) is 22.7 Å². The summed E-state index contributed by atoms with van der Waals surface area (Å²) in [6.45, 7) is 0. The van der Waals surface area contributed by atoms with Crippen LogP contribution >= 0.6 is 0 Å². The summed E-state index contributed by atoms with van der Waals surface area (Å²) in [7, 11) is -0.0948. The molecular formula is C16H18N4O7S. The van der Waals surface area contributed by atoms with Crippen molar-refractivity contribution in [1.29, 1.82) is 0 Å². The second-order valence-electron chi connectivity index (χ2n) is 5.36. The molecule has 0 spiro atoms. The molecule has 0 saturated carbocycles. The third kappa shape index (κ3) is 5.32. The molecule has 0 aromatic carbocycles. The smallest absolute Gasteiger partial charge is 0.335 e. The summed E-state index contributed by atoms with van der Waals surface area (Å²) in [6, 6.07) is 0.281. The van der Waals surface area contributed by atoms with Crippen LogP contribution in [-0.2, 0) is 19.6 Å². The van der Waals surface area contributed by atoms with Gasteiger partial charge in [0.1, 0.15) is 11.7 Å². The number of nitrogens with zero attached hydrogens (tertiary/aromatic N) is 2. The van der Waals surface area contributed by atoms with Crippen molar-refractivity contribution in [3.05, 3.63) is 35.6 Å². The van der Waals surface area contributed by atoms with Gasteiger partial charge in [0.2, 0.25) is 27.7 Å². The minimum Gasteiger partial charge on any atom is -0.500 e. The Labute approximate surface area is 161 Å². The molecule has 150 valence electrons. The lowest BCUT2D eigenvalue weighted by Crippen LogP contribution is -2.39. The molecule has 12 heteroatoms. The molecule has 1 aromatic rings. The number of urea groups is 1. The number of carbonyl (C=O) groups is 1. The Morgan fingerprint density at radius 2 is 1.82 bits per heavy atom. The third-order valence-corrected chi connectivity index (χ3v) is 4.83. The van der Waals surface area contributed by atoms with E-state index in [2.05, 4.69) is 15.3 Å². The van der Waals surface area contributed by atoms with Crippen LogP contribution in [0.3, 0.4) is 0 Å². The number of aromatic nitrogens is 2. The zero-order chi connectivity index (χ0) is 20.7. The Bertz CT molecular complexity index is 943. The number of carbonyl (C=O) groups excluding carboxylic acids is 2. The zero-order valence-corrected chi connectivity index (χ0v) is 16.1.